The van der Waals surface area contributed by atoms with Crippen LogP contribution in [0.4, 0.5) is 17.6 Å². The second kappa shape index (κ2) is 6.73. The van der Waals surface area contributed by atoms with Crippen molar-refractivity contribution in [2.75, 3.05) is 43.6 Å². The number of nitrogens with one attached hydrogen (secondary N) is 2. The summed E-state index contributed by atoms with van der Waals surface area (Å²) >= 11 is 6.31. The lowest BCUT2D eigenvalue weighted by molar-refractivity contribution is 0.122. The number of ether oxygens (including phenoxy) is 2. The molecule has 1 aromatic carbocycles. The molecule has 1 aliphatic rings. The van der Waals surface area contributed by atoms with Crippen LogP contribution in [0, 0.1) is 0 Å². The van der Waals surface area contributed by atoms with Gasteiger partial charge in [-0.05, 0) is 12.1 Å². The quantitative estimate of drug-likeness (QED) is 0.691. The van der Waals surface area contributed by atoms with Crippen molar-refractivity contribution < 1.29 is 9.47 Å². The molecule has 0 bridgehead atoms. The standard InChI is InChI=1S/C16H17ClN6O2/c1-24-12-13(17)18-16(20-15(12)23-6-8-25-9-7-23)19-14-10-4-2-3-5-11(10)21-22-14/h2-5H,6-9H2,1H3,(H2,18,19,20,21,22). The Balaban J connectivity index is 1.71. The van der Waals surface area contributed by atoms with Gasteiger partial charge in [-0.2, -0.15) is 15.1 Å². The van der Waals surface area contributed by atoms with Gasteiger partial charge in [-0.25, -0.2) is 0 Å². The minimum atomic E-state index is 0.251. The molecule has 8 nitrogen and oxygen atoms in total. The zero-order chi connectivity index (χ0) is 17.2. The number of halogens is 1. The van der Waals surface area contributed by atoms with Crippen molar-refractivity contribution in [1.29, 1.82) is 0 Å². The summed E-state index contributed by atoms with van der Waals surface area (Å²) < 4.78 is 10.8. The van der Waals surface area contributed by atoms with Gasteiger partial charge in [0.15, 0.2) is 22.5 Å². The summed E-state index contributed by atoms with van der Waals surface area (Å²) in [4.78, 5) is 11.0. The fourth-order valence-corrected chi connectivity index (χ4v) is 3.04. The molecule has 4 rings (SSSR count). The number of hydrogen-bond donors (Lipinski definition) is 2. The molecular weight excluding hydrogens is 344 g/mol. The first kappa shape index (κ1) is 15.9. The summed E-state index contributed by atoms with van der Waals surface area (Å²) in [6.45, 7) is 2.71. The molecule has 0 unspecified atom stereocenters. The van der Waals surface area contributed by atoms with Crippen LogP contribution in [0.3, 0.4) is 0 Å². The summed E-state index contributed by atoms with van der Waals surface area (Å²) in [7, 11) is 1.56. The summed E-state index contributed by atoms with van der Waals surface area (Å²) in [5, 5.41) is 11.6. The van der Waals surface area contributed by atoms with Gasteiger partial charge in [-0.1, -0.05) is 23.7 Å². The maximum Gasteiger partial charge on any atom is 0.232 e. The summed E-state index contributed by atoms with van der Waals surface area (Å²) in [5.41, 5.74) is 0.929. The van der Waals surface area contributed by atoms with E-state index in [2.05, 4.69) is 30.4 Å². The molecule has 2 N–H and O–H groups in total. The second-order valence-electron chi connectivity index (χ2n) is 5.54. The maximum absolute atomic E-state index is 6.31. The first-order valence-corrected chi connectivity index (χ1v) is 8.28. The minimum absolute atomic E-state index is 0.251. The normalized spacial score (nSPS) is 14.7. The van der Waals surface area contributed by atoms with Crippen LogP contribution in [0.2, 0.25) is 5.15 Å². The highest BCUT2D eigenvalue weighted by Crippen LogP contribution is 2.35. The highest BCUT2D eigenvalue weighted by Gasteiger charge is 2.22. The van der Waals surface area contributed by atoms with E-state index >= 15 is 0 Å². The van der Waals surface area contributed by atoms with E-state index in [1.54, 1.807) is 7.11 Å². The van der Waals surface area contributed by atoms with E-state index in [9.17, 15) is 0 Å². The van der Waals surface area contributed by atoms with E-state index in [1.165, 1.54) is 0 Å². The van der Waals surface area contributed by atoms with Gasteiger partial charge in [0.25, 0.3) is 0 Å². The van der Waals surface area contributed by atoms with Gasteiger partial charge < -0.3 is 19.7 Å². The third-order valence-electron chi connectivity index (χ3n) is 4.02. The maximum atomic E-state index is 6.31. The Morgan fingerprint density at radius 2 is 2.04 bits per heavy atom. The molecule has 0 amide bonds. The van der Waals surface area contributed by atoms with Gasteiger partial charge in [-0.15, -0.1) is 0 Å². The van der Waals surface area contributed by atoms with Crippen molar-refractivity contribution in [2.45, 2.75) is 0 Å². The molecule has 0 aliphatic carbocycles. The number of rotatable bonds is 4. The van der Waals surface area contributed by atoms with Gasteiger partial charge in [-0.3, -0.25) is 5.10 Å². The Kier molecular flexibility index (Phi) is 4.29. The van der Waals surface area contributed by atoms with Crippen LogP contribution in [0.25, 0.3) is 10.9 Å². The van der Waals surface area contributed by atoms with Gasteiger partial charge in [0.1, 0.15) is 0 Å². The summed E-state index contributed by atoms with van der Waals surface area (Å²) in [5.74, 6) is 2.11. The molecule has 9 heteroatoms. The average molecular weight is 361 g/mol. The van der Waals surface area contributed by atoms with Crippen LogP contribution in [-0.4, -0.2) is 53.6 Å². The number of H-pyrrole nitrogens is 1. The Bertz CT molecular complexity index is 893. The van der Waals surface area contributed by atoms with E-state index < -0.39 is 0 Å². The number of nitrogens with zero attached hydrogens (tertiary/aromatic N) is 4. The SMILES string of the molecule is COc1c(Cl)nc(Nc2n[nH]c3ccccc23)nc1N1CCOCC1. The van der Waals surface area contributed by atoms with Crippen LogP contribution in [0.15, 0.2) is 24.3 Å². The molecule has 1 saturated heterocycles. The van der Waals surface area contributed by atoms with Crippen LogP contribution in [0.5, 0.6) is 5.75 Å². The number of anilines is 3. The summed E-state index contributed by atoms with van der Waals surface area (Å²) in [6.07, 6.45) is 0. The molecule has 0 spiro atoms. The van der Waals surface area contributed by atoms with E-state index in [4.69, 9.17) is 21.1 Å². The van der Waals surface area contributed by atoms with Crippen LogP contribution >= 0.6 is 11.6 Å². The number of fused-ring (bicyclic) bond motifs is 1. The van der Waals surface area contributed by atoms with Gasteiger partial charge >= 0.3 is 0 Å². The van der Waals surface area contributed by atoms with Crippen LogP contribution in [0.1, 0.15) is 0 Å². The van der Waals surface area contributed by atoms with E-state index in [0.717, 1.165) is 10.9 Å². The van der Waals surface area contributed by atoms with Crippen molar-refractivity contribution in [3.05, 3.63) is 29.4 Å². The lowest BCUT2D eigenvalue weighted by Gasteiger charge is -2.29. The number of aromatic amines is 1. The molecule has 3 aromatic rings. The van der Waals surface area contributed by atoms with E-state index in [-0.39, 0.29) is 5.15 Å². The average Bonchev–Trinajstić information content (AvgIpc) is 3.05. The molecule has 0 atom stereocenters. The third-order valence-corrected chi connectivity index (χ3v) is 4.28. The Labute approximate surface area is 149 Å². The van der Waals surface area contributed by atoms with Crippen LogP contribution in [-0.2, 0) is 4.74 Å². The topological polar surface area (TPSA) is 88.2 Å². The number of para-hydroxylation sites is 1. The molecule has 2 aromatic heterocycles. The largest absolute Gasteiger partial charge is 0.490 e. The zero-order valence-electron chi connectivity index (χ0n) is 13.6. The van der Waals surface area contributed by atoms with Gasteiger partial charge in [0.2, 0.25) is 5.95 Å². The Hall–Kier alpha value is -2.58. The second-order valence-corrected chi connectivity index (χ2v) is 5.90. The lowest BCUT2D eigenvalue weighted by atomic mass is 10.2. The fourth-order valence-electron chi connectivity index (χ4n) is 2.80. The Morgan fingerprint density at radius 3 is 2.84 bits per heavy atom. The summed E-state index contributed by atoms with van der Waals surface area (Å²) in [6, 6.07) is 7.81. The van der Waals surface area contributed by atoms with Crippen molar-refractivity contribution >= 4 is 40.1 Å². The number of methoxy groups -OCH3 is 1. The predicted molar refractivity (Wildman–Crippen MR) is 96.0 cm³/mol. The fraction of sp³-hybridized carbons (Fsp3) is 0.312. The third kappa shape index (κ3) is 3.06. The van der Waals surface area contributed by atoms with Crippen LogP contribution < -0.4 is 15.0 Å². The molecule has 130 valence electrons. The minimum Gasteiger partial charge on any atom is -0.490 e. The zero-order valence-corrected chi connectivity index (χ0v) is 14.4. The highest BCUT2D eigenvalue weighted by atomic mass is 35.5. The van der Waals surface area contributed by atoms with Crippen molar-refractivity contribution in [2.24, 2.45) is 0 Å². The molecular formula is C16H17ClN6O2. The van der Waals surface area contributed by atoms with Gasteiger partial charge in [0, 0.05) is 18.5 Å². The van der Waals surface area contributed by atoms with E-state index in [1.807, 2.05) is 24.3 Å². The predicted octanol–water partition coefficient (Wildman–Crippen LogP) is 2.60. The number of morpholine rings is 1. The first-order valence-electron chi connectivity index (χ1n) is 7.90. The van der Waals surface area contributed by atoms with Crippen molar-refractivity contribution in [1.82, 2.24) is 20.2 Å². The van der Waals surface area contributed by atoms with Crippen molar-refractivity contribution in [3.63, 3.8) is 0 Å². The van der Waals surface area contributed by atoms with Gasteiger partial charge in [0.05, 0.1) is 25.8 Å². The molecule has 3 heterocycles. The van der Waals surface area contributed by atoms with E-state index in [0.29, 0.717) is 49.6 Å². The lowest BCUT2D eigenvalue weighted by Crippen LogP contribution is -2.37. The smallest absolute Gasteiger partial charge is 0.232 e. The molecule has 0 radical (unpaired) electrons. The monoisotopic (exact) mass is 360 g/mol. The number of aromatic nitrogens is 4. The molecule has 1 fully saturated rings. The Morgan fingerprint density at radius 1 is 1.24 bits per heavy atom. The molecule has 0 saturated carbocycles. The highest BCUT2D eigenvalue weighted by molar-refractivity contribution is 6.31. The van der Waals surface area contributed by atoms with Crippen molar-refractivity contribution in [3.8, 4) is 5.75 Å². The molecule has 25 heavy (non-hydrogen) atoms. The molecule has 1 aliphatic heterocycles. The number of hydrogen-bond acceptors (Lipinski definition) is 7. The number of benzene rings is 1. The first-order chi connectivity index (χ1) is 12.3.